The van der Waals surface area contributed by atoms with E-state index in [9.17, 15) is 9.50 Å². The van der Waals surface area contributed by atoms with Crippen LogP contribution in [0.2, 0.25) is 0 Å². The second kappa shape index (κ2) is 5.46. The zero-order chi connectivity index (χ0) is 12.1. The molecule has 1 unspecified atom stereocenters. The first kappa shape index (κ1) is 11.6. The van der Waals surface area contributed by atoms with Crippen molar-refractivity contribution in [3.8, 4) is 11.5 Å². The van der Waals surface area contributed by atoms with Crippen LogP contribution in [0.15, 0.2) is 54.6 Å². The number of rotatable bonds is 4. The first-order valence-electron chi connectivity index (χ1n) is 5.36. The van der Waals surface area contributed by atoms with Crippen LogP contribution in [0, 0.1) is 0 Å². The molecule has 0 fully saturated rings. The standard InChI is InChI=1S/C14H13FO2/c15-10-14(16)11-5-4-8-13(9-11)17-12-6-2-1-3-7-12/h1-9,14,16H,10H2. The van der Waals surface area contributed by atoms with Crippen LogP contribution in [0.3, 0.4) is 0 Å². The van der Waals surface area contributed by atoms with E-state index in [4.69, 9.17) is 4.74 Å². The first-order chi connectivity index (χ1) is 8.29. The molecule has 0 heterocycles. The minimum absolute atomic E-state index is 0.515. The Morgan fingerprint density at radius 2 is 1.71 bits per heavy atom. The summed E-state index contributed by atoms with van der Waals surface area (Å²) in [5, 5.41) is 9.39. The number of hydrogen-bond donors (Lipinski definition) is 1. The number of benzene rings is 2. The summed E-state index contributed by atoms with van der Waals surface area (Å²) in [6, 6.07) is 16.1. The number of aliphatic hydroxyl groups excluding tert-OH is 1. The maximum atomic E-state index is 12.3. The van der Waals surface area contributed by atoms with E-state index in [-0.39, 0.29) is 0 Å². The van der Waals surface area contributed by atoms with E-state index >= 15 is 0 Å². The van der Waals surface area contributed by atoms with Crippen molar-refractivity contribution in [2.45, 2.75) is 6.10 Å². The SMILES string of the molecule is OC(CF)c1cccc(Oc2ccccc2)c1. The molecule has 3 heteroatoms. The van der Waals surface area contributed by atoms with Crippen LogP contribution in [0.5, 0.6) is 11.5 Å². The molecule has 2 aromatic carbocycles. The highest BCUT2D eigenvalue weighted by Crippen LogP contribution is 2.24. The van der Waals surface area contributed by atoms with Crippen molar-refractivity contribution in [3.63, 3.8) is 0 Å². The van der Waals surface area contributed by atoms with Crippen molar-refractivity contribution in [2.24, 2.45) is 0 Å². The van der Waals surface area contributed by atoms with Gasteiger partial charge in [-0.2, -0.15) is 0 Å². The molecule has 2 rings (SSSR count). The highest BCUT2D eigenvalue weighted by Gasteiger charge is 2.07. The zero-order valence-corrected chi connectivity index (χ0v) is 9.21. The highest BCUT2D eigenvalue weighted by molar-refractivity contribution is 5.34. The number of hydrogen-bond acceptors (Lipinski definition) is 2. The van der Waals surface area contributed by atoms with E-state index in [0.717, 1.165) is 0 Å². The van der Waals surface area contributed by atoms with Crippen LogP contribution in [-0.2, 0) is 0 Å². The van der Waals surface area contributed by atoms with Gasteiger partial charge in [0, 0.05) is 0 Å². The second-order valence-electron chi connectivity index (χ2n) is 3.66. The fourth-order valence-corrected chi connectivity index (χ4v) is 1.50. The van der Waals surface area contributed by atoms with Crippen LogP contribution in [-0.4, -0.2) is 11.8 Å². The lowest BCUT2D eigenvalue weighted by molar-refractivity contribution is 0.141. The molecule has 1 atom stereocenters. The molecular formula is C14H13FO2. The highest BCUT2D eigenvalue weighted by atomic mass is 19.1. The number of alkyl halides is 1. The molecule has 0 aromatic heterocycles. The van der Waals surface area contributed by atoms with Gasteiger partial charge in [-0.05, 0) is 29.8 Å². The largest absolute Gasteiger partial charge is 0.457 e. The Morgan fingerprint density at radius 1 is 1.00 bits per heavy atom. The summed E-state index contributed by atoms with van der Waals surface area (Å²) < 4.78 is 17.9. The van der Waals surface area contributed by atoms with Gasteiger partial charge in [0.05, 0.1) is 0 Å². The van der Waals surface area contributed by atoms with Gasteiger partial charge in [-0.25, -0.2) is 4.39 Å². The van der Waals surface area contributed by atoms with Crippen LogP contribution < -0.4 is 4.74 Å². The molecule has 0 aliphatic rings. The van der Waals surface area contributed by atoms with Gasteiger partial charge in [-0.1, -0.05) is 30.3 Å². The molecule has 0 amide bonds. The molecule has 1 N–H and O–H groups in total. The molecule has 0 radical (unpaired) electrons. The van der Waals surface area contributed by atoms with Crippen LogP contribution in [0.4, 0.5) is 4.39 Å². The molecule has 0 saturated heterocycles. The number of halogens is 1. The molecule has 0 aliphatic heterocycles. The minimum atomic E-state index is -1.09. The van der Waals surface area contributed by atoms with Crippen molar-refractivity contribution < 1.29 is 14.2 Å². The normalized spacial score (nSPS) is 12.1. The Labute approximate surface area is 99.3 Å². The molecule has 17 heavy (non-hydrogen) atoms. The Kier molecular flexibility index (Phi) is 3.73. The second-order valence-corrected chi connectivity index (χ2v) is 3.66. The quantitative estimate of drug-likeness (QED) is 0.874. The number of para-hydroxylation sites is 1. The van der Waals surface area contributed by atoms with Crippen molar-refractivity contribution in [1.29, 1.82) is 0 Å². The van der Waals surface area contributed by atoms with E-state index in [1.807, 2.05) is 30.3 Å². The van der Waals surface area contributed by atoms with E-state index in [2.05, 4.69) is 0 Å². The average molecular weight is 232 g/mol. The maximum absolute atomic E-state index is 12.3. The molecule has 0 saturated carbocycles. The van der Waals surface area contributed by atoms with Crippen LogP contribution in [0.25, 0.3) is 0 Å². The van der Waals surface area contributed by atoms with Gasteiger partial charge in [-0.3, -0.25) is 0 Å². The van der Waals surface area contributed by atoms with Gasteiger partial charge >= 0.3 is 0 Å². The smallest absolute Gasteiger partial charge is 0.127 e. The maximum Gasteiger partial charge on any atom is 0.127 e. The summed E-state index contributed by atoms with van der Waals surface area (Å²) in [5.41, 5.74) is 0.515. The molecule has 0 aliphatic carbocycles. The van der Waals surface area contributed by atoms with Gasteiger partial charge in [0.1, 0.15) is 24.3 Å². The summed E-state index contributed by atoms with van der Waals surface area (Å²) in [6.07, 6.45) is -1.09. The summed E-state index contributed by atoms with van der Waals surface area (Å²) in [6.45, 7) is -0.797. The number of ether oxygens (including phenoxy) is 1. The average Bonchev–Trinajstić information content (AvgIpc) is 2.39. The third-order valence-electron chi connectivity index (χ3n) is 2.37. The minimum Gasteiger partial charge on any atom is -0.457 e. The summed E-state index contributed by atoms with van der Waals surface area (Å²) >= 11 is 0. The monoisotopic (exact) mass is 232 g/mol. The van der Waals surface area contributed by atoms with Gasteiger partial charge in [0.25, 0.3) is 0 Å². The Hall–Kier alpha value is -1.87. The van der Waals surface area contributed by atoms with Gasteiger partial charge < -0.3 is 9.84 Å². The Bertz CT molecular complexity index is 471. The molecule has 0 spiro atoms. The first-order valence-corrected chi connectivity index (χ1v) is 5.36. The lowest BCUT2D eigenvalue weighted by Gasteiger charge is -2.09. The molecule has 0 bridgehead atoms. The zero-order valence-electron chi connectivity index (χ0n) is 9.21. The molecule has 88 valence electrons. The third kappa shape index (κ3) is 3.04. The van der Waals surface area contributed by atoms with Gasteiger partial charge in [0.15, 0.2) is 0 Å². The van der Waals surface area contributed by atoms with Crippen molar-refractivity contribution in [2.75, 3.05) is 6.67 Å². The fourth-order valence-electron chi connectivity index (χ4n) is 1.50. The topological polar surface area (TPSA) is 29.5 Å². The lowest BCUT2D eigenvalue weighted by Crippen LogP contribution is -1.99. The summed E-state index contributed by atoms with van der Waals surface area (Å²) in [5.74, 6) is 1.29. The van der Waals surface area contributed by atoms with Crippen LogP contribution >= 0.6 is 0 Å². The predicted molar refractivity (Wildman–Crippen MR) is 63.9 cm³/mol. The third-order valence-corrected chi connectivity index (χ3v) is 2.37. The van der Waals surface area contributed by atoms with Crippen molar-refractivity contribution >= 4 is 0 Å². The van der Waals surface area contributed by atoms with Gasteiger partial charge in [-0.15, -0.1) is 0 Å². The van der Waals surface area contributed by atoms with Crippen LogP contribution in [0.1, 0.15) is 11.7 Å². The molecular weight excluding hydrogens is 219 g/mol. The van der Waals surface area contributed by atoms with Crippen molar-refractivity contribution in [3.05, 3.63) is 60.2 Å². The Balaban J connectivity index is 2.17. The Morgan fingerprint density at radius 3 is 2.41 bits per heavy atom. The lowest BCUT2D eigenvalue weighted by atomic mass is 10.1. The molecule has 2 aromatic rings. The van der Waals surface area contributed by atoms with Crippen molar-refractivity contribution in [1.82, 2.24) is 0 Å². The molecule has 2 nitrogen and oxygen atoms in total. The van der Waals surface area contributed by atoms with E-state index in [0.29, 0.717) is 17.1 Å². The summed E-state index contributed by atoms with van der Waals surface area (Å²) in [4.78, 5) is 0. The van der Waals surface area contributed by atoms with E-state index in [1.165, 1.54) is 0 Å². The summed E-state index contributed by atoms with van der Waals surface area (Å²) in [7, 11) is 0. The predicted octanol–water partition coefficient (Wildman–Crippen LogP) is 3.48. The fraction of sp³-hybridized carbons (Fsp3) is 0.143. The van der Waals surface area contributed by atoms with E-state index < -0.39 is 12.8 Å². The van der Waals surface area contributed by atoms with E-state index in [1.54, 1.807) is 24.3 Å². The van der Waals surface area contributed by atoms with Gasteiger partial charge in [0.2, 0.25) is 0 Å². The number of aliphatic hydroxyl groups is 1.